The summed E-state index contributed by atoms with van der Waals surface area (Å²) in [6.45, 7) is 7.75. The molecule has 1 aromatic rings. The van der Waals surface area contributed by atoms with Crippen molar-refractivity contribution < 1.29 is 9.47 Å². The van der Waals surface area contributed by atoms with E-state index in [2.05, 4.69) is 26.0 Å². The Morgan fingerprint density at radius 2 is 2.21 bits per heavy atom. The molecule has 1 heterocycles. The fraction of sp³-hybridized carbons (Fsp3) is 0.625. The van der Waals surface area contributed by atoms with Crippen molar-refractivity contribution in [3.8, 4) is 5.75 Å². The Hall–Kier alpha value is -1.06. The molecule has 2 N–H and O–H groups in total. The molecule has 1 aliphatic heterocycles. The van der Waals surface area contributed by atoms with Gasteiger partial charge in [-0.1, -0.05) is 24.6 Å². The van der Waals surface area contributed by atoms with Gasteiger partial charge in [-0.25, -0.2) is 0 Å². The van der Waals surface area contributed by atoms with Crippen LogP contribution in [0.4, 0.5) is 0 Å². The Kier molecular flexibility index (Phi) is 4.83. The van der Waals surface area contributed by atoms with E-state index in [4.69, 9.17) is 15.2 Å². The molecule has 0 radical (unpaired) electrons. The number of hydrogen-bond donors (Lipinski definition) is 1. The first-order chi connectivity index (χ1) is 9.17. The molecule has 0 bridgehead atoms. The molecule has 0 spiro atoms. The smallest absolute Gasteiger partial charge is 0.124 e. The number of benzene rings is 1. The monoisotopic (exact) mass is 263 g/mol. The van der Waals surface area contributed by atoms with Crippen molar-refractivity contribution in [1.29, 1.82) is 0 Å². The average molecular weight is 263 g/mol. The molecule has 3 heteroatoms. The van der Waals surface area contributed by atoms with E-state index in [0.29, 0.717) is 12.5 Å². The Labute approximate surface area is 116 Å². The summed E-state index contributed by atoms with van der Waals surface area (Å²) in [6.07, 6.45) is 2.35. The zero-order chi connectivity index (χ0) is 13.8. The molecule has 19 heavy (non-hydrogen) atoms. The molecule has 0 saturated carbocycles. The molecule has 0 amide bonds. The largest absolute Gasteiger partial charge is 0.494 e. The van der Waals surface area contributed by atoms with Crippen molar-refractivity contribution in [2.24, 2.45) is 11.7 Å². The van der Waals surface area contributed by atoms with Crippen molar-refractivity contribution in [3.05, 3.63) is 29.3 Å². The van der Waals surface area contributed by atoms with Crippen molar-refractivity contribution in [1.82, 2.24) is 0 Å². The van der Waals surface area contributed by atoms with Gasteiger partial charge in [0.15, 0.2) is 0 Å². The molecular formula is C16H25NO2. The molecule has 3 unspecified atom stereocenters. The van der Waals surface area contributed by atoms with E-state index in [1.54, 1.807) is 0 Å². The van der Waals surface area contributed by atoms with E-state index < -0.39 is 0 Å². The Morgan fingerprint density at radius 3 is 2.89 bits per heavy atom. The van der Waals surface area contributed by atoms with Gasteiger partial charge in [-0.05, 0) is 32.8 Å². The zero-order valence-corrected chi connectivity index (χ0v) is 12.2. The first kappa shape index (κ1) is 14.4. The summed E-state index contributed by atoms with van der Waals surface area (Å²) < 4.78 is 11.5. The van der Waals surface area contributed by atoms with Gasteiger partial charge >= 0.3 is 0 Å². The van der Waals surface area contributed by atoms with E-state index in [1.165, 1.54) is 5.56 Å². The minimum Gasteiger partial charge on any atom is -0.494 e. The summed E-state index contributed by atoms with van der Waals surface area (Å²) in [4.78, 5) is 0. The molecule has 0 aromatic heterocycles. The van der Waals surface area contributed by atoms with E-state index in [9.17, 15) is 0 Å². The zero-order valence-electron chi connectivity index (χ0n) is 12.2. The quantitative estimate of drug-likeness (QED) is 0.887. The normalized spacial score (nSPS) is 24.4. The SMILES string of the molecule is CCOc1ccc(C)cc1C(N)C1CCOC1CC. The maximum absolute atomic E-state index is 6.51. The first-order valence-electron chi connectivity index (χ1n) is 7.27. The molecule has 0 aliphatic carbocycles. The van der Waals surface area contributed by atoms with Crippen LogP contribution in [0.1, 0.15) is 43.9 Å². The maximum Gasteiger partial charge on any atom is 0.124 e. The van der Waals surface area contributed by atoms with Crippen LogP contribution < -0.4 is 10.5 Å². The second-order valence-corrected chi connectivity index (χ2v) is 5.27. The number of nitrogens with two attached hydrogens (primary N) is 1. The molecule has 3 atom stereocenters. The van der Waals surface area contributed by atoms with Gasteiger partial charge in [0, 0.05) is 24.1 Å². The summed E-state index contributed by atoms with van der Waals surface area (Å²) in [6, 6.07) is 6.25. The Bertz CT molecular complexity index is 419. The van der Waals surface area contributed by atoms with Crippen molar-refractivity contribution in [2.75, 3.05) is 13.2 Å². The molecule has 106 valence electrons. The van der Waals surface area contributed by atoms with Crippen LogP contribution in [-0.4, -0.2) is 19.3 Å². The summed E-state index contributed by atoms with van der Waals surface area (Å²) in [5, 5.41) is 0. The van der Waals surface area contributed by atoms with Crippen LogP contribution >= 0.6 is 0 Å². The highest BCUT2D eigenvalue weighted by Crippen LogP contribution is 2.37. The number of hydrogen-bond acceptors (Lipinski definition) is 3. The van der Waals surface area contributed by atoms with E-state index in [1.807, 2.05) is 13.0 Å². The lowest BCUT2D eigenvalue weighted by atomic mass is 9.86. The van der Waals surface area contributed by atoms with Gasteiger partial charge in [0.25, 0.3) is 0 Å². The second kappa shape index (κ2) is 6.40. The Morgan fingerprint density at radius 1 is 1.42 bits per heavy atom. The lowest BCUT2D eigenvalue weighted by Crippen LogP contribution is -2.28. The lowest BCUT2D eigenvalue weighted by Gasteiger charge is -2.26. The van der Waals surface area contributed by atoms with Crippen LogP contribution in [-0.2, 0) is 4.74 Å². The molecule has 1 fully saturated rings. The third kappa shape index (κ3) is 3.10. The minimum atomic E-state index is -0.00565. The minimum absolute atomic E-state index is 0.00565. The Balaban J connectivity index is 2.26. The van der Waals surface area contributed by atoms with Crippen LogP contribution in [0, 0.1) is 12.8 Å². The summed E-state index contributed by atoms with van der Waals surface area (Å²) >= 11 is 0. The maximum atomic E-state index is 6.51. The van der Waals surface area contributed by atoms with Crippen LogP contribution in [0.2, 0.25) is 0 Å². The molecular weight excluding hydrogens is 238 g/mol. The number of ether oxygens (including phenoxy) is 2. The molecule has 1 aliphatic rings. The van der Waals surface area contributed by atoms with Crippen LogP contribution in [0.5, 0.6) is 5.75 Å². The van der Waals surface area contributed by atoms with Gasteiger partial charge in [0.05, 0.1) is 12.7 Å². The fourth-order valence-corrected chi connectivity index (χ4v) is 2.94. The van der Waals surface area contributed by atoms with Crippen molar-refractivity contribution in [2.45, 2.75) is 45.8 Å². The summed E-state index contributed by atoms with van der Waals surface area (Å²) in [7, 11) is 0. The number of aryl methyl sites for hydroxylation is 1. The standard InChI is InChI=1S/C16H25NO2/c1-4-14-12(8-9-19-14)16(17)13-10-11(3)6-7-15(13)18-5-2/h6-7,10,12,14,16H,4-5,8-9,17H2,1-3H3. The highest BCUT2D eigenvalue weighted by Gasteiger charge is 2.33. The highest BCUT2D eigenvalue weighted by molar-refractivity contribution is 5.39. The lowest BCUT2D eigenvalue weighted by molar-refractivity contribution is 0.0810. The summed E-state index contributed by atoms with van der Waals surface area (Å²) in [5.74, 6) is 1.31. The van der Waals surface area contributed by atoms with Crippen LogP contribution in [0.3, 0.4) is 0 Å². The molecule has 3 nitrogen and oxygen atoms in total. The van der Waals surface area contributed by atoms with Gasteiger partial charge < -0.3 is 15.2 Å². The third-order valence-electron chi connectivity index (χ3n) is 3.95. The van der Waals surface area contributed by atoms with E-state index >= 15 is 0 Å². The van der Waals surface area contributed by atoms with Crippen LogP contribution in [0.15, 0.2) is 18.2 Å². The molecule has 1 aromatic carbocycles. The van der Waals surface area contributed by atoms with E-state index in [0.717, 1.165) is 30.8 Å². The first-order valence-corrected chi connectivity index (χ1v) is 7.27. The van der Waals surface area contributed by atoms with Crippen molar-refractivity contribution >= 4 is 0 Å². The third-order valence-corrected chi connectivity index (χ3v) is 3.95. The van der Waals surface area contributed by atoms with Crippen molar-refractivity contribution in [3.63, 3.8) is 0 Å². The number of rotatable bonds is 5. The average Bonchev–Trinajstić information content (AvgIpc) is 2.88. The second-order valence-electron chi connectivity index (χ2n) is 5.27. The molecule has 1 saturated heterocycles. The van der Waals surface area contributed by atoms with Gasteiger partial charge in [0.2, 0.25) is 0 Å². The van der Waals surface area contributed by atoms with Gasteiger partial charge in [-0.3, -0.25) is 0 Å². The van der Waals surface area contributed by atoms with Gasteiger partial charge in [-0.15, -0.1) is 0 Å². The van der Waals surface area contributed by atoms with E-state index in [-0.39, 0.29) is 12.1 Å². The topological polar surface area (TPSA) is 44.5 Å². The molecule has 2 rings (SSSR count). The summed E-state index contributed by atoms with van der Waals surface area (Å²) in [5.41, 5.74) is 8.85. The van der Waals surface area contributed by atoms with Gasteiger partial charge in [-0.2, -0.15) is 0 Å². The van der Waals surface area contributed by atoms with Gasteiger partial charge in [0.1, 0.15) is 5.75 Å². The predicted octanol–water partition coefficient (Wildman–Crippen LogP) is 3.21. The highest BCUT2D eigenvalue weighted by atomic mass is 16.5. The van der Waals surface area contributed by atoms with Crippen LogP contribution in [0.25, 0.3) is 0 Å². The predicted molar refractivity (Wildman–Crippen MR) is 77.4 cm³/mol. The fourth-order valence-electron chi connectivity index (χ4n) is 2.94.